The van der Waals surface area contributed by atoms with Crippen molar-refractivity contribution >= 4 is 46.7 Å². The number of carbonyl (C=O) groups excluding carboxylic acids is 2. The number of amides is 3. The number of hydrogen-bond acceptors (Lipinski definition) is 3. The van der Waals surface area contributed by atoms with E-state index in [1.807, 2.05) is 19.1 Å². The van der Waals surface area contributed by atoms with E-state index >= 15 is 0 Å². The number of hydrogen-bond donors (Lipinski definition) is 2. The van der Waals surface area contributed by atoms with Crippen molar-refractivity contribution < 1.29 is 9.59 Å². The molecule has 10 heteroatoms. The summed E-state index contributed by atoms with van der Waals surface area (Å²) in [6.07, 6.45) is 3.56. The molecular formula is C27H30Cl3N5O2. The number of nitrogens with one attached hydrogen (secondary N) is 2. The molecule has 4 rings (SSSR count). The normalized spacial score (nSPS) is 15.5. The molecule has 1 aliphatic rings. The predicted octanol–water partition coefficient (Wildman–Crippen LogP) is 6.51. The highest BCUT2D eigenvalue weighted by Gasteiger charge is 2.28. The summed E-state index contributed by atoms with van der Waals surface area (Å²) in [7, 11) is 0. The largest absolute Gasteiger partial charge is 0.346 e. The van der Waals surface area contributed by atoms with Crippen molar-refractivity contribution in [2.75, 3.05) is 19.6 Å². The highest BCUT2D eigenvalue weighted by atomic mass is 35.5. The Morgan fingerprint density at radius 1 is 1.08 bits per heavy atom. The summed E-state index contributed by atoms with van der Waals surface area (Å²) in [5.41, 5.74) is 3.17. The van der Waals surface area contributed by atoms with Crippen LogP contribution in [0.4, 0.5) is 4.79 Å². The molecule has 0 radical (unpaired) electrons. The van der Waals surface area contributed by atoms with E-state index in [0.29, 0.717) is 51.6 Å². The van der Waals surface area contributed by atoms with Crippen molar-refractivity contribution in [3.63, 3.8) is 0 Å². The van der Waals surface area contributed by atoms with Crippen molar-refractivity contribution in [3.05, 3.63) is 68.8 Å². The summed E-state index contributed by atoms with van der Waals surface area (Å²) in [4.78, 5) is 27.8. The minimum Gasteiger partial charge on any atom is -0.346 e. The second-order valence-electron chi connectivity index (χ2n) is 9.18. The molecule has 1 saturated heterocycles. The molecule has 1 aromatic heterocycles. The molecular weight excluding hydrogens is 533 g/mol. The van der Waals surface area contributed by atoms with E-state index in [2.05, 4.69) is 22.7 Å². The molecule has 0 bridgehead atoms. The standard InChI is InChI=1S/C27H30Cl3N5O2/c1-3-4-13-31-27(37)34-14-5-6-21(16-34)32-26(36)24-17(2)25(18-7-9-19(28)10-8-18)35(33-24)23-12-11-20(29)15-22(23)30/h7-12,15,21H,3-6,13-14,16H2,1-2H3,(H,31,37)(H,32,36)/t21-/m0/s1. The topological polar surface area (TPSA) is 79.3 Å². The van der Waals surface area contributed by atoms with Gasteiger partial charge in [0.15, 0.2) is 5.69 Å². The van der Waals surface area contributed by atoms with Crippen LogP contribution in [-0.4, -0.2) is 52.3 Å². The number of carbonyl (C=O) groups is 2. The molecule has 196 valence electrons. The third kappa shape index (κ3) is 6.40. The zero-order chi connectivity index (χ0) is 26.5. The third-order valence-electron chi connectivity index (χ3n) is 6.44. The molecule has 7 nitrogen and oxygen atoms in total. The number of nitrogens with zero attached hydrogens (tertiary/aromatic N) is 3. The second-order valence-corrected chi connectivity index (χ2v) is 10.5. The minimum atomic E-state index is -0.296. The fourth-order valence-electron chi connectivity index (χ4n) is 4.50. The molecule has 1 atom stereocenters. The van der Waals surface area contributed by atoms with Crippen LogP contribution in [0.2, 0.25) is 15.1 Å². The zero-order valence-corrected chi connectivity index (χ0v) is 23.1. The number of piperidine rings is 1. The van der Waals surface area contributed by atoms with Gasteiger partial charge in [-0.3, -0.25) is 4.79 Å². The van der Waals surface area contributed by atoms with E-state index in [4.69, 9.17) is 34.8 Å². The summed E-state index contributed by atoms with van der Waals surface area (Å²) in [5, 5.41) is 12.3. The van der Waals surface area contributed by atoms with Crippen molar-refractivity contribution in [2.24, 2.45) is 0 Å². The molecule has 0 aliphatic carbocycles. The number of benzene rings is 2. The Balaban J connectivity index is 1.61. The van der Waals surface area contributed by atoms with E-state index in [-0.39, 0.29) is 18.0 Å². The maximum Gasteiger partial charge on any atom is 0.317 e. The summed E-state index contributed by atoms with van der Waals surface area (Å²) in [5.74, 6) is -0.296. The molecule has 37 heavy (non-hydrogen) atoms. The van der Waals surface area contributed by atoms with Crippen molar-refractivity contribution in [3.8, 4) is 16.9 Å². The van der Waals surface area contributed by atoms with Gasteiger partial charge < -0.3 is 15.5 Å². The Morgan fingerprint density at radius 3 is 2.51 bits per heavy atom. The average Bonchev–Trinajstić information content (AvgIpc) is 3.21. The minimum absolute atomic E-state index is 0.0877. The first-order chi connectivity index (χ1) is 17.8. The van der Waals surface area contributed by atoms with Gasteiger partial charge in [-0.25, -0.2) is 9.48 Å². The Bertz CT molecular complexity index is 1280. The molecule has 1 aliphatic heterocycles. The first-order valence-corrected chi connectivity index (χ1v) is 13.6. The molecule has 0 unspecified atom stereocenters. The van der Waals surface area contributed by atoms with Crippen LogP contribution in [0.25, 0.3) is 16.9 Å². The monoisotopic (exact) mass is 561 g/mol. The van der Waals surface area contributed by atoms with Crippen LogP contribution in [0.1, 0.15) is 48.7 Å². The van der Waals surface area contributed by atoms with Crippen LogP contribution in [0.15, 0.2) is 42.5 Å². The van der Waals surface area contributed by atoms with Crippen molar-refractivity contribution in [2.45, 2.75) is 45.6 Å². The molecule has 3 amide bonds. The van der Waals surface area contributed by atoms with Gasteiger partial charge in [-0.1, -0.05) is 60.3 Å². The van der Waals surface area contributed by atoms with E-state index in [9.17, 15) is 9.59 Å². The highest BCUT2D eigenvalue weighted by molar-refractivity contribution is 6.35. The van der Waals surface area contributed by atoms with Crippen LogP contribution in [0.5, 0.6) is 0 Å². The summed E-state index contributed by atoms with van der Waals surface area (Å²) < 4.78 is 1.67. The first kappa shape index (κ1) is 27.3. The van der Waals surface area contributed by atoms with Gasteiger partial charge in [-0.05, 0) is 56.5 Å². The Kier molecular flexibility index (Phi) is 9.00. The van der Waals surface area contributed by atoms with Crippen LogP contribution in [-0.2, 0) is 0 Å². The Hall–Kier alpha value is -2.74. The molecule has 0 saturated carbocycles. The van der Waals surface area contributed by atoms with Gasteiger partial charge in [0, 0.05) is 46.8 Å². The lowest BCUT2D eigenvalue weighted by Gasteiger charge is -2.33. The zero-order valence-electron chi connectivity index (χ0n) is 20.9. The van der Waals surface area contributed by atoms with E-state index in [1.54, 1.807) is 39.9 Å². The molecule has 2 aromatic carbocycles. The Morgan fingerprint density at radius 2 is 1.81 bits per heavy atom. The summed E-state index contributed by atoms with van der Waals surface area (Å²) >= 11 is 18.8. The number of unbranched alkanes of at least 4 members (excludes halogenated alkanes) is 1. The van der Waals surface area contributed by atoms with E-state index in [0.717, 1.165) is 36.9 Å². The predicted molar refractivity (Wildman–Crippen MR) is 149 cm³/mol. The van der Waals surface area contributed by atoms with Crippen LogP contribution in [0.3, 0.4) is 0 Å². The number of aromatic nitrogens is 2. The second kappa shape index (κ2) is 12.2. The number of likely N-dealkylation sites (tertiary alicyclic amines) is 1. The smallest absolute Gasteiger partial charge is 0.317 e. The number of rotatable bonds is 7. The van der Waals surface area contributed by atoms with Gasteiger partial charge in [0.1, 0.15) is 0 Å². The fourth-order valence-corrected chi connectivity index (χ4v) is 5.12. The van der Waals surface area contributed by atoms with Crippen LogP contribution < -0.4 is 10.6 Å². The first-order valence-electron chi connectivity index (χ1n) is 12.4. The molecule has 3 aromatic rings. The maximum atomic E-state index is 13.5. The molecule has 0 spiro atoms. The van der Waals surface area contributed by atoms with Crippen LogP contribution in [0, 0.1) is 6.92 Å². The van der Waals surface area contributed by atoms with Gasteiger partial charge in [0.25, 0.3) is 5.91 Å². The third-order valence-corrected chi connectivity index (χ3v) is 7.23. The molecule has 1 fully saturated rings. The van der Waals surface area contributed by atoms with Gasteiger partial charge in [0.05, 0.1) is 16.4 Å². The van der Waals surface area contributed by atoms with E-state index in [1.165, 1.54) is 0 Å². The molecule has 2 N–H and O–H groups in total. The fraction of sp³-hybridized carbons (Fsp3) is 0.370. The van der Waals surface area contributed by atoms with E-state index < -0.39 is 0 Å². The maximum absolute atomic E-state index is 13.5. The average molecular weight is 563 g/mol. The van der Waals surface area contributed by atoms with Crippen molar-refractivity contribution in [1.29, 1.82) is 0 Å². The lowest BCUT2D eigenvalue weighted by atomic mass is 10.0. The quantitative estimate of drug-likeness (QED) is 0.322. The van der Waals surface area contributed by atoms with Crippen molar-refractivity contribution in [1.82, 2.24) is 25.3 Å². The number of urea groups is 1. The Labute approximate surface area is 232 Å². The van der Waals surface area contributed by atoms with Gasteiger partial charge in [-0.2, -0.15) is 5.10 Å². The highest BCUT2D eigenvalue weighted by Crippen LogP contribution is 2.33. The van der Waals surface area contributed by atoms with Gasteiger partial charge in [0.2, 0.25) is 0 Å². The van der Waals surface area contributed by atoms with Gasteiger partial charge in [-0.15, -0.1) is 0 Å². The summed E-state index contributed by atoms with van der Waals surface area (Å²) in [6, 6.07) is 12.2. The number of halogens is 3. The molecule has 2 heterocycles. The summed E-state index contributed by atoms with van der Waals surface area (Å²) in [6.45, 7) is 5.73. The lowest BCUT2D eigenvalue weighted by molar-refractivity contribution is 0.0904. The van der Waals surface area contributed by atoms with Crippen LogP contribution >= 0.6 is 34.8 Å². The SMILES string of the molecule is CCCCNC(=O)N1CCC[C@H](NC(=O)c2nn(-c3ccc(Cl)cc3Cl)c(-c3ccc(Cl)cc3)c2C)C1. The van der Waals surface area contributed by atoms with Gasteiger partial charge >= 0.3 is 6.03 Å². The lowest BCUT2D eigenvalue weighted by Crippen LogP contribution is -2.52.